The Morgan fingerprint density at radius 1 is 1.32 bits per heavy atom. The quantitative estimate of drug-likeness (QED) is 0.591. The van der Waals surface area contributed by atoms with E-state index in [1.165, 1.54) is 6.33 Å². The van der Waals surface area contributed by atoms with Crippen LogP contribution in [0.4, 0.5) is 17.3 Å². The van der Waals surface area contributed by atoms with Crippen LogP contribution in [0.25, 0.3) is 0 Å². The summed E-state index contributed by atoms with van der Waals surface area (Å²) < 4.78 is 0. The van der Waals surface area contributed by atoms with Crippen molar-refractivity contribution in [3.63, 3.8) is 0 Å². The van der Waals surface area contributed by atoms with Crippen LogP contribution in [0.1, 0.15) is 36.5 Å². The van der Waals surface area contributed by atoms with Crippen LogP contribution >= 0.6 is 11.6 Å². The van der Waals surface area contributed by atoms with Crippen molar-refractivity contribution in [3.05, 3.63) is 40.2 Å². The second kappa shape index (κ2) is 9.51. The van der Waals surface area contributed by atoms with Crippen LogP contribution in [0.5, 0.6) is 0 Å². The number of anilines is 3. The van der Waals surface area contributed by atoms with Gasteiger partial charge in [-0.3, -0.25) is 4.79 Å². The summed E-state index contributed by atoms with van der Waals surface area (Å²) in [5, 5.41) is 12.6. The summed E-state index contributed by atoms with van der Waals surface area (Å²) in [5.74, 6) is 1.01. The zero-order chi connectivity index (χ0) is 22.7. The number of halogens is 1. The van der Waals surface area contributed by atoms with Crippen molar-refractivity contribution in [3.8, 4) is 0 Å². The van der Waals surface area contributed by atoms with Crippen molar-refractivity contribution >= 4 is 40.5 Å². The fraction of sp³-hybridized carbons (Fsp3) is 0.455. The minimum absolute atomic E-state index is 0.103. The van der Waals surface area contributed by atoms with Gasteiger partial charge in [-0.15, -0.1) is 0 Å². The van der Waals surface area contributed by atoms with Gasteiger partial charge in [0.25, 0.3) is 0 Å². The number of carbonyl (C=O) groups excluding carboxylic acids is 1. The molecule has 3 rings (SSSR count). The number of aryl methyl sites for hydroxylation is 2. The smallest absolute Gasteiger partial charge is 0.219 e. The molecule has 1 fully saturated rings. The maximum atomic E-state index is 11.6. The molecule has 1 saturated heterocycles. The Morgan fingerprint density at radius 2 is 2.00 bits per heavy atom. The summed E-state index contributed by atoms with van der Waals surface area (Å²) in [5.41, 5.74) is 9.89. The topological polar surface area (TPSA) is 111 Å². The van der Waals surface area contributed by atoms with E-state index in [2.05, 4.69) is 20.2 Å². The third-order valence-electron chi connectivity index (χ3n) is 5.82. The predicted octanol–water partition coefficient (Wildman–Crippen LogP) is 3.26. The Labute approximate surface area is 188 Å². The van der Waals surface area contributed by atoms with E-state index < -0.39 is 0 Å². The Bertz CT molecular complexity index is 963. The van der Waals surface area contributed by atoms with Crippen LogP contribution in [-0.2, 0) is 4.79 Å². The lowest BCUT2D eigenvalue weighted by molar-refractivity contribution is -0.129. The van der Waals surface area contributed by atoms with Crippen LogP contribution in [0.15, 0.2) is 18.5 Å². The number of nitrogens with zero attached hydrogens (tertiary/aromatic N) is 4. The lowest BCUT2D eigenvalue weighted by Gasteiger charge is -2.37. The minimum atomic E-state index is 0.103. The number of carbonyl (C=O) groups is 1. The molecule has 166 valence electrons. The molecular formula is C22H30ClN7O. The van der Waals surface area contributed by atoms with Gasteiger partial charge < -0.3 is 26.3 Å². The standard InChI is InChI=1S/C22H30ClN7O/c1-13-9-14(2)20(17(23)10-13)26-11-18(24)19-21(25)27-12-28-22(19)29(4)16-5-7-30(8-6-16)15(3)31/h9-10,12,16,24,26H,5-8,11H2,1-4H3,(H2,25,27,28). The number of amides is 1. The zero-order valence-electron chi connectivity index (χ0n) is 18.5. The molecule has 0 spiro atoms. The summed E-state index contributed by atoms with van der Waals surface area (Å²) in [7, 11) is 1.96. The summed E-state index contributed by atoms with van der Waals surface area (Å²) in [6.07, 6.45) is 3.10. The molecule has 0 radical (unpaired) electrons. The Hall–Kier alpha value is -2.87. The van der Waals surface area contributed by atoms with Crippen LogP contribution in [0, 0.1) is 19.3 Å². The second-order valence-electron chi connectivity index (χ2n) is 8.08. The van der Waals surface area contributed by atoms with Gasteiger partial charge in [-0.1, -0.05) is 17.7 Å². The van der Waals surface area contributed by atoms with Gasteiger partial charge in [0.05, 0.1) is 28.5 Å². The van der Waals surface area contributed by atoms with Crippen LogP contribution in [0.3, 0.4) is 0 Å². The number of likely N-dealkylation sites (tertiary alicyclic amines) is 1. The van der Waals surface area contributed by atoms with Crippen molar-refractivity contribution in [2.24, 2.45) is 0 Å². The molecule has 2 aromatic rings. The van der Waals surface area contributed by atoms with Gasteiger partial charge in [0.1, 0.15) is 18.0 Å². The highest BCUT2D eigenvalue weighted by molar-refractivity contribution is 6.33. The van der Waals surface area contributed by atoms with Gasteiger partial charge in [-0.2, -0.15) is 0 Å². The van der Waals surface area contributed by atoms with Crippen molar-refractivity contribution in [2.45, 2.75) is 39.7 Å². The van der Waals surface area contributed by atoms with E-state index in [4.69, 9.17) is 22.7 Å². The number of nitrogens with one attached hydrogen (secondary N) is 2. The number of hydrogen-bond donors (Lipinski definition) is 3. The van der Waals surface area contributed by atoms with Crippen LogP contribution < -0.4 is 16.0 Å². The van der Waals surface area contributed by atoms with E-state index in [0.29, 0.717) is 29.5 Å². The molecule has 1 amide bonds. The number of piperidine rings is 1. The molecule has 0 atom stereocenters. The number of nitrogen functional groups attached to an aromatic ring is 1. The van der Waals surface area contributed by atoms with E-state index in [-0.39, 0.29) is 30.0 Å². The fourth-order valence-corrected chi connectivity index (χ4v) is 4.48. The Kier molecular flexibility index (Phi) is 7.00. The Morgan fingerprint density at radius 3 is 2.61 bits per heavy atom. The second-order valence-corrected chi connectivity index (χ2v) is 8.48. The van der Waals surface area contributed by atoms with Crippen molar-refractivity contribution in [1.82, 2.24) is 14.9 Å². The molecule has 9 heteroatoms. The molecule has 1 aromatic heterocycles. The SMILES string of the molecule is CC(=O)N1CCC(N(C)c2ncnc(N)c2C(=N)CNc2c(C)cc(C)cc2Cl)CC1. The first-order valence-electron chi connectivity index (χ1n) is 10.4. The maximum absolute atomic E-state index is 11.6. The molecule has 0 unspecified atom stereocenters. The first-order valence-corrected chi connectivity index (χ1v) is 10.7. The molecule has 2 heterocycles. The lowest BCUT2D eigenvalue weighted by Crippen LogP contribution is -2.45. The predicted molar refractivity (Wildman–Crippen MR) is 126 cm³/mol. The van der Waals surface area contributed by atoms with Crippen molar-refractivity contribution < 1.29 is 4.79 Å². The monoisotopic (exact) mass is 443 g/mol. The summed E-state index contributed by atoms with van der Waals surface area (Å²) in [6, 6.07) is 4.15. The van der Waals surface area contributed by atoms with Crippen molar-refractivity contribution in [1.29, 1.82) is 5.41 Å². The van der Waals surface area contributed by atoms with E-state index in [0.717, 1.165) is 29.7 Å². The molecule has 0 bridgehead atoms. The number of aromatic nitrogens is 2. The average Bonchev–Trinajstić information content (AvgIpc) is 2.72. The third kappa shape index (κ3) is 5.07. The normalized spacial score (nSPS) is 14.4. The first-order chi connectivity index (χ1) is 14.7. The van der Waals surface area contributed by atoms with Crippen LogP contribution in [0.2, 0.25) is 5.02 Å². The van der Waals surface area contributed by atoms with E-state index in [1.807, 2.05) is 37.9 Å². The van der Waals surface area contributed by atoms with Gasteiger partial charge in [0.2, 0.25) is 5.91 Å². The number of rotatable bonds is 6. The van der Waals surface area contributed by atoms with Gasteiger partial charge in [0, 0.05) is 33.1 Å². The average molecular weight is 444 g/mol. The molecule has 1 aliphatic rings. The molecule has 0 saturated carbocycles. The lowest BCUT2D eigenvalue weighted by atomic mass is 10.0. The highest BCUT2D eigenvalue weighted by Gasteiger charge is 2.27. The number of hydrogen-bond acceptors (Lipinski definition) is 7. The first kappa shape index (κ1) is 22.8. The maximum Gasteiger partial charge on any atom is 0.219 e. The third-order valence-corrected chi connectivity index (χ3v) is 6.12. The van der Waals surface area contributed by atoms with E-state index in [1.54, 1.807) is 6.92 Å². The largest absolute Gasteiger partial charge is 0.383 e. The highest BCUT2D eigenvalue weighted by atomic mass is 35.5. The molecule has 4 N–H and O–H groups in total. The van der Waals surface area contributed by atoms with Crippen molar-refractivity contribution in [2.75, 3.05) is 42.6 Å². The summed E-state index contributed by atoms with van der Waals surface area (Å²) in [4.78, 5) is 24.1. The summed E-state index contributed by atoms with van der Waals surface area (Å²) >= 11 is 6.39. The van der Waals surface area contributed by atoms with E-state index >= 15 is 0 Å². The number of nitrogens with two attached hydrogens (primary N) is 1. The highest BCUT2D eigenvalue weighted by Crippen LogP contribution is 2.29. The van der Waals surface area contributed by atoms with Crippen LogP contribution in [-0.4, -0.2) is 59.2 Å². The minimum Gasteiger partial charge on any atom is -0.383 e. The molecule has 1 aromatic carbocycles. The van der Waals surface area contributed by atoms with Gasteiger partial charge in [-0.05, 0) is 43.9 Å². The van der Waals surface area contributed by atoms with Gasteiger partial charge in [-0.25, -0.2) is 9.97 Å². The molecule has 31 heavy (non-hydrogen) atoms. The Balaban J connectivity index is 1.78. The fourth-order valence-electron chi connectivity index (χ4n) is 4.09. The molecule has 1 aliphatic heterocycles. The molecular weight excluding hydrogens is 414 g/mol. The van der Waals surface area contributed by atoms with Gasteiger partial charge in [0.15, 0.2) is 0 Å². The number of benzene rings is 1. The summed E-state index contributed by atoms with van der Waals surface area (Å²) in [6.45, 7) is 7.25. The van der Waals surface area contributed by atoms with Gasteiger partial charge >= 0.3 is 0 Å². The van der Waals surface area contributed by atoms with E-state index in [9.17, 15) is 4.79 Å². The zero-order valence-corrected chi connectivity index (χ0v) is 19.3. The molecule has 8 nitrogen and oxygen atoms in total. The molecule has 0 aliphatic carbocycles.